The predicted octanol–water partition coefficient (Wildman–Crippen LogP) is 2.28. The van der Waals surface area contributed by atoms with Crippen molar-refractivity contribution in [1.82, 2.24) is 14.6 Å². The molecule has 0 bridgehead atoms. The summed E-state index contributed by atoms with van der Waals surface area (Å²) in [5.41, 5.74) is 0.868. The Hall–Kier alpha value is -1.23. The quantitative estimate of drug-likeness (QED) is 0.884. The first-order chi connectivity index (χ1) is 7.61. The topological polar surface area (TPSA) is 42.2 Å². The zero-order chi connectivity index (χ0) is 11.6. The Morgan fingerprint density at radius 3 is 3.00 bits per heavy atom. The number of thioether (sulfide) groups is 1. The zero-order valence-electron chi connectivity index (χ0n) is 9.77. The lowest BCUT2D eigenvalue weighted by Crippen LogP contribution is -2.26. The fraction of sp³-hybridized carbons (Fsp3) is 0.455. The van der Waals surface area contributed by atoms with Crippen LogP contribution in [0.3, 0.4) is 0 Å². The van der Waals surface area contributed by atoms with E-state index in [1.165, 1.54) is 0 Å². The smallest absolute Gasteiger partial charge is 0.157 e. The summed E-state index contributed by atoms with van der Waals surface area (Å²) in [5, 5.41) is 7.45. The molecule has 0 aliphatic heterocycles. The first-order valence-corrected chi connectivity index (χ1v) is 6.43. The van der Waals surface area contributed by atoms with Crippen LogP contribution in [-0.4, -0.2) is 32.1 Å². The molecule has 0 amide bonds. The molecule has 2 heterocycles. The number of nitrogens with zero attached hydrogens (tertiary/aromatic N) is 3. The van der Waals surface area contributed by atoms with Gasteiger partial charge in [0, 0.05) is 23.6 Å². The van der Waals surface area contributed by atoms with Crippen LogP contribution in [-0.2, 0) is 0 Å². The van der Waals surface area contributed by atoms with Gasteiger partial charge in [-0.25, -0.2) is 9.50 Å². The lowest BCUT2D eigenvalue weighted by molar-refractivity contribution is 0.749. The Bertz CT molecular complexity index is 478. The van der Waals surface area contributed by atoms with E-state index >= 15 is 0 Å². The van der Waals surface area contributed by atoms with Gasteiger partial charge in [-0.05, 0) is 26.2 Å². The van der Waals surface area contributed by atoms with Gasteiger partial charge in [0.1, 0.15) is 5.82 Å². The van der Waals surface area contributed by atoms with Gasteiger partial charge in [-0.3, -0.25) is 0 Å². The Morgan fingerprint density at radius 1 is 1.44 bits per heavy atom. The summed E-state index contributed by atoms with van der Waals surface area (Å²) in [6.07, 6.45) is 5.78. The van der Waals surface area contributed by atoms with Crippen molar-refractivity contribution in [3.63, 3.8) is 0 Å². The predicted molar refractivity (Wildman–Crippen MR) is 69.1 cm³/mol. The second-order valence-electron chi connectivity index (χ2n) is 4.26. The van der Waals surface area contributed by atoms with E-state index in [0.29, 0.717) is 0 Å². The Balaban J connectivity index is 2.09. The van der Waals surface area contributed by atoms with Crippen LogP contribution in [0.4, 0.5) is 5.82 Å². The van der Waals surface area contributed by atoms with Crippen molar-refractivity contribution in [3.8, 4) is 0 Å². The van der Waals surface area contributed by atoms with Crippen LogP contribution in [0.25, 0.3) is 5.65 Å². The minimum Gasteiger partial charge on any atom is -0.369 e. The van der Waals surface area contributed by atoms with Crippen molar-refractivity contribution in [3.05, 3.63) is 24.5 Å². The van der Waals surface area contributed by atoms with E-state index in [1.807, 2.05) is 30.1 Å². The van der Waals surface area contributed by atoms with Crippen LogP contribution in [0, 0.1) is 0 Å². The molecule has 0 radical (unpaired) electrons. The van der Waals surface area contributed by atoms with E-state index < -0.39 is 0 Å². The lowest BCUT2D eigenvalue weighted by atomic mass is 10.2. The summed E-state index contributed by atoms with van der Waals surface area (Å²) in [7, 11) is 0. The summed E-state index contributed by atoms with van der Waals surface area (Å²) < 4.78 is 1.97. The summed E-state index contributed by atoms with van der Waals surface area (Å²) in [6.45, 7) is 5.31. The molecule has 0 aromatic carbocycles. The highest BCUT2D eigenvalue weighted by molar-refractivity contribution is 7.99. The molecule has 0 fully saturated rings. The van der Waals surface area contributed by atoms with Gasteiger partial charge in [-0.2, -0.15) is 16.9 Å². The van der Waals surface area contributed by atoms with Crippen LogP contribution in [0.2, 0.25) is 0 Å². The molecular weight excluding hydrogens is 220 g/mol. The van der Waals surface area contributed by atoms with Crippen molar-refractivity contribution in [2.45, 2.75) is 18.6 Å². The number of hydrogen-bond donors (Lipinski definition) is 1. The molecule has 0 unspecified atom stereocenters. The Labute approximate surface area is 99.5 Å². The molecule has 0 saturated carbocycles. The van der Waals surface area contributed by atoms with E-state index in [2.05, 4.69) is 35.5 Å². The standard InChI is InChI=1S/C11H16N4S/c1-11(2,16-3)8-12-9-5-7-15-10(14-9)4-6-13-15/h4-7H,8H2,1-3H3,(H,12,14). The third-order valence-corrected chi connectivity index (χ3v) is 3.76. The van der Waals surface area contributed by atoms with Crippen LogP contribution < -0.4 is 5.32 Å². The van der Waals surface area contributed by atoms with Crippen molar-refractivity contribution < 1.29 is 0 Å². The highest BCUT2D eigenvalue weighted by Crippen LogP contribution is 2.21. The van der Waals surface area contributed by atoms with Gasteiger partial charge in [-0.15, -0.1) is 0 Å². The molecule has 0 spiro atoms. The maximum atomic E-state index is 4.45. The molecule has 1 N–H and O–H groups in total. The average Bonchev–Trinajstić information content (AvgIpc) is 2.73. The SMILES string of the molecule is CSC(C)(C)CNc1ccn2nccc2n1. The number of hydrogen-bond acceptors (Lipinski definition) is 4. The molecule has 86 valence electrons. The minimum absolute atomic E-state index is 0.216. The molecule has 16 heavy (non-hydrogen) atoms. The van der Waals surface area contributed by atoms with Crippen LogP contribution >= 0.6 is 11.8 Å². The van der Waals surface area contributed by atoms with Gasteiger partial charge in [0.15, 0.2) is 5.65 Å². The van der Waals surface area contributed by atoms with E-state index in [0.717, 1.165) is 18.0 Å². The second-order valence-corrected chi connectivity index (χ2v) is 5.78. The molecule has 5 heteroatoms. The maximum absolute atomic E-state index is 4.45. The zero-order valence-corrected chi connectivity index (χ0v) is 10.6. The van der Waals surface area contributed by atoms with Gasteiger partial charge in [0.05, 0.1) is 6.20 Å². The molecule has 0 atom stereocenters. The van der Waals surface area contributed by atoms with Gasteiger partial charge in [0.25, 0.3) is 0 Å². The first-order valence-electron chi connectivity index (χ1n) is 5.20. The Kier molecular flexibility index (Phi) is 3.05. The average molecular weight is 236 g/mol. The van der Waals surface area contributed by atoms with Crippen LogP contribution in [0.1, 0.15) is 13.8 Å². The van der Waals surface area contributed by atoms with Crippen molar-refractivity contribution >= 4 is 23.2 Å². The third-order valence-electron chi connectivity index (χ3n) is 2.51. The molecule has 0 aliphatic rings. The summed E-state index contributed by atoms with van der Waals surface area (Å²) >= 11 is 1.84. The van der Waals surface area contributed by atoms with Gasteiger partial charge in [0.2, 0.25) is 0 Å². The van der Waals surface area contributed by atoms with Crippen molar-refractivity contribution in [2.75, 3.05) is 18.1 Å². The normalized spacial score (nSPS) is 11.9. The van der Waals surface area contributed by atoms with E-state index in [9.17, 15) is 0 Å². The third kappa shape index (κ3) is 2.47. The monoisotopic (exact) mass is 236 g/mol. The van der Waals surface area contributed by atoms with Crippen LogP contribution in [0.5, 0.6) is 0 Å². The van der Waals surface area contributed by atoms with Gasteiger partial charge >= 0.3 is 0 Å². The summed E-state index contributed by atoms with van der Waals surface area (Å²) in [5.74, 6) is 0.898. The number of rotatable bonds is 4. The molecule has 0 saturated heterocycles. The molecular formula is C11H16N4S. The van der Waals surface area contributed by atoms with Gasteiger partial charge in [-0.1, -0.05) is 0 Å². The van der Waals surface area contributed by atoms with Crippen molar-refractivity contribution in [1.29, 1.82) is 0 Å². The summed E-state index contributed by atoms with van der Waals surface area (Å²) in [6, 6.07) is 3.83. The first kappa shape index (κ1) is 11.3. The van der Waals surface area contributed by atoms with Gasteiger partial charge < -0.3 is 5.32 Å². The van der Waals surface area contributed by atoms with E-state index in [-0.39, 0.29) is 4.75 Å². The minimum atomic E-state index is 0.216. The number of fused-ring (bicyclic) bond motifs is 1. The van der Waals surface area contributed by atoms with E-state index in [4.69, 9.17) is 0 Å². The fourth-order valence-electron chi connectivity index (χ4n) is 1.29. The molecule has 4 nitrogen and oxygen atoms in total. The number of anilines is 1. The molecule has 2 aromatic heterocycles. The van der Waals surface area contributed by atoms with E-state index in [1.54, 1.807) is 10.7 Å². The Morgan fingerprint density at radius 2 is 2.25 bits per heavy atom. The highest BCUT2D eigenvalue weighted by Gasteiger charge is 2.15. The fourth-order valence-corrected chi connectivity index (χ4v) is 1.50. The highest BCUT2D eigenvalue weighted by atomic mass is 32.2. The largest absolute Gasteiger partial charge is 0.369 e. The summed E-state index contributed by atoms with van der Waals surface area (Å²) in [4.78, 5) is 4.45. The second kappa shape index (κ2) is 4.33. The van der Waals surface area contributed by atoms with Crippen LogP contribution in [0.15, 0.2) is 24.5 Å². The lowest BCUT2D eigenvalue weighted by Gasteiger charge is -2.22. The maximum Gasteiger partial charge on any atom is 0.157 e. The molecule has 0 aliphatic carbocycles. The number of nitrogens with one attached hydrogen (secondary N) is 1. The molecule has 2 rings (SSSR count). The number of aromatic nitrogens is 3. The van der Waals surface area contributed by atoms with Crippen molar-refractivity contribution in [2.24, 2.45) is 0 Å². The molecule has 2 aromatic rings.